The highest BCUT2D eigenvalue weighted by Crippen LogP contribution is 2.37. The summed E-state index contributed by atoms with van der Waals surface area (Å²) in [4.78, 5) is 20.0. The van der Waals surface area contributed by atoms with E-state index in [1.54, 1.807) is 0 Å². The van der Waals surface area contributed by atoms with Gasteiger partial charge in [0.15, 0.2) is 0 Å². The van der Waals surface area contributed by atoms with Crippen molar-refractivity contribution in [3.63, 3.8) is 0 Å². The lowest BCUT2D eigenvalue weighted by molar-refractivity contribution is -0.422. The van der Waals surface area contributed by atoms with Crippen LogP contribution >= 0.6 is 0 Å². The zero-order valence-corrected chi connectivity index (χ0v) is 12.0. The van der Waals surface area contributed by atoms with Gasteiger partial charge in [-0.05, 0) is 24.3 Å². The molecule has 0 fully saturated rings. The van der Waals surface area contributed by atoms with E-state index in [4.69, 9.17) is 4.42 Å². The summed E-state index contributed by atoms with van der Waals surface area (Å²) in [5.41, 5.74) is -2.32. The maximum atomic E-state index is 12.7. The third-order valence-electron chi connectivity index (χ3n) is 3.05. The van der Waals surface area contributed by atoms with Gasteiger partial charge in [-0.25, -0.2) is 0 Å². The van der Waals surface area contributed by atoms with Crippen molar-refractivity contribution < 1.29 is 27.4 Å². The van der Waals surface area contributed by atoms with E-state index in [-0.39, 0.29) is 22.8 Å². The minimum Gasteiger partial charge on any atom is -0.456 e. The van der Waals surface area contributed by atoms with E-state index in [2.05, 4.69) is 0 Å². The topological polar surface area (TPSA) is 99.4 Å². The fraction of sp³-hybridized carbons (Fsp3) is 0.143. The van der Waals surface area contributed by atoms with Crippen molar-refractivity contribution in [3.05, 3.63) is 67.6 Å². The van der Waals surface area contributed by atoms with Crippen LogP contribution < -0.4 is 0 Å². The lowest BCUT2D eigenvalue weighted by atomic mass is 10.1. The minimum atomic E-state index is -4.72. The largest absolute Gasteiger partial charge is 0.456 e. The standard InChI is InChI=1S/C14H9F3N2O5/c1-8(18(20)21)6-10-3-5-13(24-10)11-4-2-9(14(15,16)17)7-12(11)19(22)23/h2-7H,1H3. The number of rotatable bonds is 4. The summed E-state index contributed by atoms with van der Waals surface area (Å²) >= 11 is 0. The molecule has 10 heteroatoms. The molecule has 2 rings (SSSR count). The molecular formula is C14H9F3N2O5. The van der Waals surface area contributed by atoms with Crippen LogP contribution in [0.4, 0.5) is 18.9 Å². The third kappa shape index (κ3) is 3.59. The van der Waals surface area contributed by atoms with E-state index in [9.17, 15) is 33.4 Å². The summed E-state index contributed by atoms with van der Waals surface area (Å²) in [5, 5.41) is 21.6. The van der Waals surface area contributed by atoms with Crippen molar-refractivity contribution in [2.45, 2.75) is 13.1 Å². The normalized spacial score (nSPS) is 12.2. The lowest BCUT2D eigenvalue weighted by Gasteiger charge is -2.07. The first-order valence-electron chi connectivity index (χ1n) is 6.38. The molecule has 0 saturated heterocycles. The Morgan fingerprint density at radius 2 is 1.83 bits per heavy atom. The number of nitro groups is 2. The number of hydrogen-bond donors (Lipinski definition) is 0. The number of nitro benzene ring substituents is 1. The highest BCUT2D eigenvalue weighted by molar-refractivity contribution is 5.71. The van der Waals surface area contributed by atoms with Crippen LogP contribution in [0.5, 0.6) is 0 Å². The van der Waals surface area contributed by atoms with Crippen LogP contribution in [0, 0.1) is 20.2 Å². The highest BCUT2D eigenvalue weighted by atomic mass is 19.4. The quantitative estimate of drug-likeness (QED) is 0.601. The second-order valence-electron chi connectivity index (χ2n) is 4.73. The number of allylic oxidation sites excluding steroid dienone is 1. The van der Waals surface area contributed by atoms with Gasteiger partial charge in [-0.3, -0.25) is 20.2 Å². The average Bonchev–Trinajstić information content (AvgIpc) is 2.93. The van der Waals surface area contributed by atoms with Gasteiger partial charge in [0.2, 0.25) is 5.70 Å². The Balaban J connectivity index is 2.50. The number of nitrogens with zero attached hydrogens (tertiary/aromatic N) is 2. The highest BCUT2D eigenvalue weighted by Gasteiger charge is 2.33. The lowest BCUT2D eigenvalue weighted by Crippen LogP contribution is -2.06. The molecular weight excluding hydrogens is 333 g/mol. The van der Waals surface area contributed by atoms with Crippen LogP contribution in [0.25, 0.3) is 17.4 Å². The molecule has 0 N–H and O–H groups in total. The van der Waals surface area contributed by atoms with Gasteiger partial charge in [0.1, 0.15) is 11.5 Å². The van der Waals surface area contributed by atoms with Gasteiger partial charge in [0.25, 0.3) is 5.69 Å². The average molecular weight is 342 g/mol. The maximum Gasteiger partial charge on any atom is 0.416 e. The first kappa shape index (κ1) is 17.2. The predicted octanol–water partition coefficient (Wildman–Crippen LogP) is 4.51. The molecule has 0 bridgehead atoms. The summed E-state index contributed by atoms with van der Waals surface area (Å²) in [6.07, 6.45) is -3.62. The summed E-state index contributed by atoms with van der Waals surface area (Å²) in [7, 11) is 0. The number of halogens is 3. The van der Waals surface area contributed by atoms with Crippen LogP contribution in [0.2, 0.25) is 0 Å². The van der Waals surface area contributed by atoms with Crippen molar-refractivity contribution in [1.29, 1.82) is 0 Å². The number of benzene rings is 1. The molecule has 0 amide bonds. The summed E-state index contributed by atoms with van der Waals surface area (Å²) in [6.45, 7) is 1.22. The summed E-state index contributed by atoms with van der Waals surface area (Å²) < 4.78 is 43.3. The van der Waals surface area contributed by atoms with Crippen LogP contribution in [-0.2, 0) is 6.18 Å². The Bertz CT molecular complexity index is 839. The van der Waals surface area contributed by atoms with Crippen molar-refractivity contribution in [2.75, 3.05) is 0 Å². The molecule has 0 aliphatic heterocycles. The zero-order chi connectivity index (χ0) is 18.1. The molecule has 24 heavy (non-hydrogen) atoms. The van der Waals surface area contributed by atoms with Crippen molar-refractivity contribution in [1.82, 2.24) is 0 Å². The predicted molar refractivity (Wildman–Crippen MR) is 76.4 cm³/mol. The molecule has 0 unspecified atom stereocenters. The van der Waals surface area contributed by atoms with Gasteiger partial charge in [-0.15, -0.1) is 0 Å². The molecule has 0 saturated carbocycles. The van der Waals surface area contributed by atoms with Crippen LogP contribution in [0.1, 0.15) is 18.2 Å². The Morgan fingerprint density at radius 3 is 2.38 bits per heavy atom. The zero-order valence-electron chi connectivity index (χ0n) is 12.0. The monoisotopic (exact) mass is 342 g/mol. The van der Waals surface area contributed by atoms with E-state index < -0.39 is 27.3 Å². The van der Waals surface area contributed by atoms with Crippen LogP contribution in [-0.4, -0.2) is 9.85 Å². The third-order valence-corrected chi connectivity index (χ3v) is 3.05. The fourth-order valence-electron chi connectivity index (χ4n) is 1.90. The first-order chi connectivity index (χ1) is 11.1. The molecule has 2 aromatic rings. The Kier molecular flexibility index (Phi) is 4.40. The number of alkyl halides is 3. The van der Waals surface area contributed by atoms with Gasteiger partial charge in [-0.2, -0.15) is 13.2 Å². The summed E-state index contributed by atoms with van der Waals surface area (Å²) in [5.74, 6) is -0.0220. The van der Waals surface area contributed by atoms with Crippen LogP contribution in [0.3, 0.4) is 0 Å². The Hall–Kier alpha value is -3.17. The van der Waals surface area contributed by atoms with Crippen molar-refractivity contribution in [2.24, 2.45) is 0 Å². The summed E-state index contributed by atoms with van der Waals surface area (Å²) in [6, 6.07) is 4.64. The number of furan rings is 1. The minimum absolute atomic E-state index is 0.0494. The molecule has 0 aliphatic rings. The molecule has 0 atom stereocenters. The Morgan fingerprint density at radius 1 is 1.17 bits per heavy atom. The van der Waals surface area contributed by atoms with Gasteiger partial charge in [0.05, 0.1) is 27.0 Å². The van der Waals surface area contributed by atoms with Gasteiger partial charge in [-0.1, -0.05) is 0 Å². The first-order valence-corrected chi connectivity index (χ1v) is 6.38. The molecule has 0 aliphatic carbocycles. The van der Waals surface area contributed by atoms with E-state index in [1.807, 2.05) is 0 Å². The molecule has 126 valence electrons. The van der Waals surface area contributed by atoms with E-state index in [0.29, 0.717) is 12.1 Å². The number of hydrogen-bond acceptors (Lipinski definition) is 5. The molecule has 1 aromatic carbocycles. The van der Waals surface area contributed by atoms with E-state index >= 15 is 0 Å². The second kappa shape index (κ2) is 6.14. The van der Waals surface area contributed by atoms with E-state index in [0.717, 1.165) is 12.1 Å². The molecule has 0 spiro atoms. The molecule has 7 nitrogen and oxygen atoms in total. The fourth-order valence-corrected chi connectivity index (χ4v) is 1.90. The molecule has 0 radical (unpaired) electrons. The Labute approximate surface area is 132 Å². The van der Waals surface area contributed by atoms with Gasteiger partial charge < -0.3 is 4.42 Å². The van der Waals surface area contributed by atoms with Crippen molar-refractivity contribution >= 4 is 11.8 Å². The second-order valence-corrected chi connectivity index (χ2v) is 4.73. The van der Waals surface area contributed by atoms with E-state index in [1.165, 1.54) is 19.1 Å². The van der Waals surface area contributed by atoms with Crippen LogP contribution in [0.15, 0.2) is 40.4 Å². The smallest absolute Gasteiger partial charge is 0.416 e. The SMILES string of the molecule is CC(=Cc1ccc(-c2ccc(C(F)(F)F)cc2[N+](=O)[O-])o1)[N+](=O)[O-]. The maximum absolute atomic E-state index is 12.7. The molecule has 1 heterocycles. The molecule has 1 aromatic heterocycles. The van der Waals surface area contributed by atoms with Gasteiger partial charge in [0, 0.05) is 13.0 Å². The van der Waals surface area contributed by atoms with Gasteiger partial charge >= 0.3 is 6.18 Å². The van der Waals surface area contributed by atoms with Crippen molar-refractivity contribution in [3.8, 4) is 11.3 Å².